The van der Waals surface area contributed by atoms with Gasteiger partial charge in [-0.1, -0.05) is 42.4 Å². The van der Waals surface area contributed by atoms with E-state index in [2.05, 4.69) is 17.0 Å². The Labute approximate surface area is 187 Å². The Morgan fingerprint density at radius 3 is 2.62 bits per heavy atom. The molecule has 0 aliphatic carbocycles. The Hall–Kier alpha value is -3.48. The fourth-order valence-electron chi connectivity index (χ4n) is 4.36. The molecule has 3 heterocycles. The fraction of sp³-hybridized carbons (Fsp3) is 0.360. The van der Waals surface area contributed by atoms with Crippen molar-refractivity contribution in [2.24, 2.45) is 0 Å². The molecule has 0 atom stereocenters. The highest BCUT2D eigenvalue weighted by Crippen LogP contribution is 2.36. The van der Waals surface area contributed by atoms with Gasteiger partial charge in [-0.25, -0.2) is 0 Å². The predicted molar refractivity (Wildman–Crippen MR) is 121 cm³/mol. The molecule has 1 fully saturated rings. The number of ether oxygens (including phenoxy) is 2. The molecule has 2 aliphatic rings. The molecule has 32 heavy (non-hydrogen) atoms. The Balaban J connectivity index is 1.49. The first kappa shape index (κ1) is 20.4. The molecule has 2 aliphatic heterocycles. The van der Waals surface area contributed by atoms with Crippen molar-refractivity contribution in [3.8, 4) is 22.8 Å². The number of anilines is 1. The van der Waals surface area contributed by atoms with E-state index in [0.29, 0.717) is 30.2 Å². The van der Waals surface area contributed by atoms with Crippen LogP contribution in [0.4, 0.5) is 5.88 Å². The maximum atomic E-state index is 13.5. The summed E-state index contributed by atoms with van der Waals surface area (Å²) in [5, 5.41) is 4.43. The smallest absolute Gasteiger partial charge is 0.254 e. The highest BCUT2D eigenvalue weighted by molar-refractivity contribution is 5.95. The van der Waals surface area contributed by atoms with Gasteiger partial charge in [0.05, 0.1) is 12.1 Å². The largest absolute Gasteiger partial charge is 0.454 e. The van der Waals surface area contributed by atoms with E-state index in [9.17, 15) is 4.79 Å². The molecule has 7 heteroatoms. The highest BCUT2D eigenvalue weighted by atomic mass is 16.7. The van der Waals surface area contributed by atoms with E-state index >= 15 is 0 Å². The van der Waals surface area contributed by atoms with Gasteiger partial charge in [-0.3, -0.25) is 4.79 Å². The summed E-state index contributed by atoms with van der Waals surface area (Å²) in [6, 6.07) is 15.4. The molecule has 7 nitrogen and oxygen atoms in total. The molecule has 0 spiro atoms. The second kappa shape index (κ2) is 8.94. The van der Waals surface area contributed by atoms with Gasteiger partial charge in [0, 0.05) is 30.8 Å². The van der Waals surface area contributed by atoms with E-state index in [-0.39, 0.29) is 12.7 Å². The van der Waals surface area contributed by atoms with Crippen molar-refractivity contribution in [3.05, 3.63) is 59.7 Å². The van der Waals surface area contributed by atoms with Gasteiger partial charge in [0.2, 0.25) is 12.7 Å². The Kier molecular flexibility index (Phi) is 5.71. The number of benzene rings is 2. The third-order valence-electron chi connectivity index (χ3n) is 5.96. The van der Waals surface area contributed by atoms with E-state index < -0.39 is 0 Å². The first-order valence-electron chi connectivity index (χ1n) is 11.2. The fourth-order valence-corrected chi connectivity index (χ4v) is 4.36. The molecule has 166 valence electrons. The molecule has 3 aromatic rings. The van der Waals surface area contributed by atoms with Gasteiger partial charge in [0.1, 0.15) is 5.69 Å². The summed E-state index contributed by atoms with van der Waals surface area (Å²) in [6.45, 7) is 5.21. The van der Waals surface area contributed by atoms with Gasteiger partial charge in [0.25, 0.3) is 5.91 Å². The Morgan fingerprint density at radius 2 is 1.84 bits per heavy atom. The van der Waals surface area contributed by atoms with Crippen molar-refractivity contribution in [2.45, 2.75) is 32.7 Å². The van der Waals surface area contributed by atoms with E-state index in [1.807, 2.05) is 35.2 Å². The topological polar surface area (TPSA) is 68.0 Å². The number of carbonyl (C=O) groups excluding carboxylic acids is 1. The lowest BCUT2D eigenvalue weighted by atomic mass is 10.1. The quantitative estimate of drug-likeness (QED) is 0.537. The van der Waals surface area contributed by atoms with Crippen LogP contribution in [0.5, 0.6) is 11.5 Å². The third kappa shape index (κ3) is 3.90. The van der Waals surface area contributed by atoms with Crippen molar-refractivity contribution >= 4 is 11.8 Å². The van der Waals surface area contributed by atoms with E-state index in [4.69, 9.17) is 14.0 Å². The van der Waals surface area contributed by atoms with E-state index in [1.165, 1.54) is 0 Å². The van der Waals surface area contributed by atoms with Crippen LogP contribution in [0, 0.1) is 0 Å². The number of aromatic nitrogens is 1. The van der Waals surface area contributed by atoms with Crippen molar-refractivity contribution < 1.29 is 18.8 Å². The second-order valence-electron chi connectivity index (χ2n) is 8.17. The molecule has 2 aromatic carbocycles. The molecule has 0 unspecified atom stereocenters. The van der Waals surface area contributed by atoms with Crippen LogP contribution in [0.25, 0.3) is 11.3 Å². The molecule has 0 N–H and O–H groups in total. The minimum Gasteiger partial charge on any atom is -0.454 e. The summed E-state index contributed by atoms with van der Waals surface area (Å²) in [7, 11) is 0. The van der Waals surface area contributed by atoms with Crippen LogP contribution >= 0.6 is 0 Å². The SMILES string of the molecule is CCCN(Cc1c(-c2ccccc2)noc1N1CCCC1)C(=O)c1ccc2c(c1)OCO2. The summed E-state index contributed by atoms with van der Waals surface area (Å²) < 4.78 is 16.7. The average molecular weight is 434 g/mol. The number of fused-ring (bicyclic) bond motifs is 1. The van der Waals surface area contributed by atoms with Crippen molar-refractivity contribution in [1.29, 1.82) is 0 Å². The molecule has 0 radical (unpaired) electrons. The monoisotopic (exact) mass is 433 g/mol. The first-order valence-corrected chi connectivity index (χ1v) is 11.2. The van der Waals surface area contributed by atoms with Gasteiger partial charge in [-0.15, -0.1) is 0 Å². The molecule has 1 saturated heterocycles. The van der Waals surface area contributed by atoms with Gasteiger partial charge < -0.3 is 23.8 Å². The number of rotatable bonds is 7. The van der Waals surface area contributed by atoms with Crippen LogP contribution in [-0.2, 0) is 6.54 Å². The summed E-state index contributed by atoms with van der Waals surface area (Å²) in [4.78, 5) is 17.6. The van der Waals surface area contributed by atoms with E-state index in [1.54, 1.807) is 18.2 Å². The van der Waals surface area contributed by atoms with Gasteiger partial charge in [-0.2, -0.15) is 0 Å². The zero-order valence-electron chi connectivity index (χ0n) is 18.3. The summed E-state index contributed by atoms with van der Waals surface area (Å²) in [6.07, 6.45) is 3.12. The lowest BCUT2D eigenvalue weighted by Crippen LogP contribution is -2.32. The van der Waals surface area contributed by atoms with Gasteiger partial charge >= 0.3 is 0 Å². The van der Waals surface area contributed by atoms with Gasteiger partial charge in [-0.05, 0) is 37.5 Å². The molecular weight excluding hydrogens is 406 g/mol. The van der Waals surface area contributed by atoms with Crippen molar-refractivity contribution in [3.63, 3.8) is 0 Å². The van der Waals surface area contributed by atoms with Crippen molar-refractivity contribution in [1.82, 2.24) is 10.1 Å². The summed E-state index contributed by atoms with van der Waals surface area (Å²) in [5.74, 6) is 2.02. The maximum Gasteiger partial charge on any atom is 0.254 e. The molecule has 0 bridgehead atoms. The first-order chi connectivity index (χ1) is 15.7. The van der Waals surface area contributed by atoms with Crippen LogP contribution in [0.2, 0.25) is 0 Å². The van der Waals surface area contributed by atoms with Crippen LogP contribution < -0.4 is 14.4 Å². The molecular formula is C25H27N3O4. The number of nitrogens with zero attached hydrogens (tertiary/aromatic N) is 3. The van der Waals surface area contributed by atoms with Crippen LogP contribution in [0.1, 0.15) is 42.1 Å². The van der Waals surface area contributed by atoms with Gasteiger partial charge in [0.15, 0.2) is 11.5 Å². The third-order valence-corrected chi connectivity index (χ3v) is 5.96. The zero-order valence-corrected chi connectivity index (χ0v) is 18.3. The molecule has 0 saturated carbocycles. The van der Waals surface area contributed by atoms with Crippen LogP contribution in [0.15, 0.2) is 53.1 Å². The zero-order chi connectivity index (χ0) is 21.9. The van der Waals surface area contributed by atoms with Crippen molar-refractivity contribution in [2.75, 3.05) is 31.3 Å². The minimum atomic E-state index is -0.0438. The number of carbonyl (C=O) groups is 1. The lowest BCUT2D eigenvalue weighted by Gasteiger charge is -2.24. The maximum absolute atomic E-state index is 13.5. The number of hydrogen-bond acceptors (Lipinski definition) is 6. The number of hydrogen-bond donors (Lipinski definition) is 0. The summed E-state index contributed by atoms with van der Waals surface area (Å²) >= 11 is 0. The standard InChI is InChI=1S/C25H27N3O4/c1-2-12-28(24(29)19-10-11-21-22(15-19)31-17-30-21)16-20-23(18-8-4-3-5-9-18)26-32-25(20)27-13-6-7-14-27/h3-5,8-11,15H,2,6-7,12-14,16-17H2,1H3. The summed E-state index contributed by atoms with van der Waals surface area (Å²) in [5.41, 5.74) is 3.33. The highest BCUT2D eigenvalue weighted by Gasteiger charge is 2.28. The lowest BCUT2D eigenvalue weighted by molar-refractivity contribution is 0.0743. The average Bonchev–Trinajstić information content (AvgIpc) is 3.59. The minimum absolute atomic E-state index is 0.0438. The van der Waals surface area contributed by atoms with Crippen LogP contribution in [-0.4, -0.2) is 42.4 Å². The molecule has 1 amide bonds. The predicted octanol–water partition coefficient (Wildman–Crippen LogP) is 4.72. The molecule has 1 aromatic heterocycles. The van der Waals surface area contributed by atoms with E-state index in [0.717, 1.165) is 55.1 Å². The van der Waals surface area contributed by atoms with Crippen LogP contribution in [0.3, 0.4) is 0 Å². The number of amides is 1. The Morgan fingerprint density at radius 1 is 1.06 bits per heavy atom. The normalized spacial score (nSPS) is 14.7. The second-order valence-corrected chi connectivity index (χ2v) is 8.17. The Bertz CT molecular complexity index is 1090. The molecule has 5 rings (SSSR count).